The van der Waals surface area contributed by atoms with Gasteiger partial charge in [-0.15, -0.1) is 0 Å². The number of hydrogen-bond acceptors (Lipinski definition) is 7. The molecule has 3 saturated heterocycles. The number of anilines is 2. The zero-order valence-corrected chi connectivity index (χ0v) is 21.3. The molecule has 2 amide bonds. The van der Waals surface area contributed by atoms with Crippen LogP contribution in [0.1, 0.15) is 76.5 Å². The topological polar surface area (TPSA) is 129 Å². The Hall–Kier alpha value is -3.46. The molecule has 196 valence electrons. The molecule has 3 fully saturated rings. The van der Waals surface area contributed by atoms with E-state index >= 15 is 0 Å². The van der Waals surface area contributed by atoms with E-state index in [1.807, 2.05) is 12.1 Å². The molecule has 4 heterocycles. The van der Waals surface area contributed by atoms with Crippen LogP contribution in [0.15, 0.2) is 36.5 Å². The van der Waals surface area contributed by atoms with E-state index in [9.17, 15) is 14.4 Å². The van der Waals surface area contributed by atoms with Crippen molar-refractivity contribution in [1.82, 2.24) is 15.6 Å². The fourth-order valence-corrected chi connectivity index (χ4v) is 6.08. The number of nitrogens with one attached hydrogen (secondary N) is 3. The molecule has 9 heteroatoms. The number of nitrogens with two attached hydrogens (primary N) is 1. The smallest absolute Gasteiger partial charge is 0.251 e. The lowest BCUT2D eigenvalue weighted by Crippen LogP contribution is -2.50. The second-order valence-electron chi connectivity index (χ2n) is 10.6. The summed E-state index contributed by atoms with van der Waals surface area (Å²) in [6.45, 7) is 4.25. The number of fused-ring (bicyclic) bond motifs is 2. The summed E-state index contributed by atoms with van der Waals surface area (Å²) in [6.07, 6.45) is 7.73. The highest BCUT2D eigenvalue weighted by Gasteiger charge is 2.41. The Labute approximate surface area is 217 Å². The number of nitrogens with zero attached hydrogens (tertiary/aromatic N) is 2. The third kappa shape index (κ3) is 5.61. The van der Waals surface area contributed by atoms with Gasteiger partial charge in [0.2, 0.25) is 0 Å². The number of ketones is 1. The van der Waals surface area contributed by atoms with Gasteiger partial charge >= 0.3 is 0 Å². The Kier molecular flexibility index (Phi) is 7.41. The summed E-state index contributed by atoms with van der Waals surface area (Å²) >= 11 is 0. The molecule has 5 N–H and O–H groups in total. The lowest BCUT2D eigenvalue weighted by Gasteiger charge is -2.40. The molecule has 5 rings (SSSR count). The predicted octanol–water partition coefficient (Wildman–Crippen LogP) is 2.72. The van der Waals surface area contributed by atoms with Gasteiger partial charge in [-0.25, -0.2) is 4.98 Å². The third-order valence-electron chi connectivity index (χ3n) is 8.01. The van der Waals surface area contributed by atoms with Crippen LogP contribution in [0.4, 0.5) is 11.5 Å². The highest BCUT2D eigenvalue weighted by atomic mass is 16.2. The summed E-state index contributed by atoms with van der Waals surface area (Å²) in [7, 11) is 0. The van der Waals surface area contributed by atoms with Gasteiger partial charge in [0.15, 0.2) is 5.78 Å². The van der Waals surface area contributed by atoms with Crippen molar-refractivity contribution in [3.63, 3.8) is 0 Å². The van der Waals surface area contributed by atoms with E-state index in [0.29, 0.717) is 40.4 Å². The standard InChI is InChI=1S/C28H36N6O3/c1-17(35)20-5-9-26(32-16-20)34-22-6-7-23(34)13-21(12-22)33-28(37)19-4-8-24(27(29)36)25(11-19)31-15-18-3-2-10-30-14-18/h4-5,8-9,11,16,18,21-23,30-31H,2-3,6-7,10,12-15H2,1H3,(H2,29,36)(H,33,37). The van der Waals surface area contributed by atoms with Gasteiger partial charge in [-0.05, 0) is 94.8 Å². The minimum absolute atomic E-state index is 0.0108. The fraction of sp³-hybridized carbons (Fsp3) is 0.500. The first-order valence-corrected chi connectivity index (χ1v) is 13.3. The zero-order chi connectivity index (χ0) is 25.9. The maximum atomic E-state index is 13.2. The van der Waals surface area contributed by atoms with Crippen LogP contribution in [0.2, 0.25) is 0 Å². The number of carbonyl (C=O) groups excluding carboxylic acids is 3. The van der Waals surface area contributed by atoms with Crippen LogP contribution in [0.3, 0.4) is 0 Å². The molecule has 37 heavy (non-hydrogen) atoms. The zero-order valence-electron chi connectivity index (χ0n) is 21.3. The monoisotopic (exact) mass is 504 g/mol. The fourth-order valence-electron chi connectivity index (χ4n) is 6.08. The maximum Gasteiger partial charge on any atom is 0.251 e. The number of piperidine rings is 2. The lowest BCUT2D eigenvalue weighted by molar-refractivity contribution is 0.0924. The van der Waals surface area contributed by atoms with Gasteiger partial charge < -0.3 is 26.6 Å². The molecule has 0 saturated carbocycles. The molecule has 9 nitrogen and oxygen atoms in total. The van der Waals surface area contributed by atoms with E-state index in [-0.39, 0.29) is 17.7 Å². The van der Waals surface area contributed by atoms with E-state index in [4.69, 9.17) is 5.73 Å². The number of primary amides is 1. The molecule has 1 aromatic carbocycles. The van der Waals surface area contributed by atoms with Crippen molar-refractivity contribution in [2.24, 2.45) is 11.7 Å². The molecule has 3 aliphatic rings. The number of pyridine rings is 1. The Morgan fingerprint density at radius 2 is 1.84 bits per heavy atom. The van der Waals surface area contributed by atoms with E-state index < -0.39 is 5.91 Å². The number of benzene rings is 1. The molecule has 0 aliphatic carbocycles. The number of rotatable bonds is 8. The molecule has 3 unspecified atom stereocenters. The summed E-state index contributed by atoms with van der Waals surface area (Å²) in [4.78, 5) is 43.7. The Morgan fingerprint density at radius 3 is 2.46 bits per heavy atom. The minimum atomic E-state index is -0.509. The largest absolute Gasteiger partial charge is 0.384 e. The Bertz CT molecular complexity index is 1150. The van der Waals surface area contributed by atoms with E-state index in [1.54, 1.807) is 31.3 Å². The van der Waals surface area contributed by atoms with E-state index in [2.05, 4.69) is 25.8 Å². The molecular formula is C28H36N6O3. The van der Waals surface area contributed by atoms with Crippen molar-refractivity contribution in [2.45, 2.75) is 63.6 Å². The number of hydrogen-bond donors (Lipinski definition) is 4. The first kappa shape index (κ1) is 25.2. The summed E-state index contributed by atoms with van der Waals surface area (Å²) < 4.78 is 0. The summed E-state index contributed by atoms with van der Waals surface area (Å²) in [5.41, 5.74) is 7.75. The molecule has 3 atom stereocenters. The first-order valence-electron chi connectivity index (χ1n) is 13.3. The van der Waals surface area contributed by atoms with E-state index in [0.717, 1.165) is 64.0 Å². The molecule has 0 spiro atoms. The van der Waals surface area contributed by atoms with Crippen molar-refractivity contribution in [2.75, 3.05) is 29.9 Å². The SMILES string of the molecule is CC(=O)c1ccc(N2C3CCC2CC(NC(=O)c2ccc(C(N)=O)c(NCC4CCCNC4)c2)C3)nc1. The summed E-state index contributed by atoms with van der Waals surface area (Å²) in [5, 5.41) is 9.99. The molecule has 3 aliphatic heterocycles. The highest BCUT2D eigenvalue weighted by molar-refractivity contribution is 6.02. The summed E-state index contributed by atoms with van der Waals surface area (Å²) in [5.74, 6) is 0.732. The Morgan fingerprint density at radius 1 is 1.08 bits per heavy atom. The molecule has 0 radical (unpaired) electrons. The number of Topliss-reactive ketones (excluding diaryl/α,β-unsaturated/α-hetero) is 1. The Balaban J connectivity index is 1.23. The number of amides is 2. The number of aromatic nitrogens is 1. The van der Waals surface area contributed by atoms with Gasteiger partial charge in [0, 0.05) is 47.7 Å². The average molecular weight is 505 g/mol. The van der Waals surface area contributed by atoms with Crippen LogP contribution in [0.5, 0.6) is 0 Å². The van der Waals surface area contributed by atoms with Gasteiger partial charge in [0.05, 0.1) is 5.56 Å². The van der Waals surface area contributed by atoms with Crippen LogP contribution in [-0.2, 0) is 0 Å². The van der Waals surface area contributed by atoms with E-state index in [1.165, 1.54) is 0 Å². The average Bonchev–Trinajstić information content (AvgIpc) is 3.17. The van der Waals surface area contributed by atoms with Gasteiger partial charge in [-0.2, -0.15) is 0 Å². The summed E-state index contributed by atoms with van der Waals surface area (Å²) in [6, 6.07) is 9.50. The van der Waals surface area contributed by atoms with Crippen LogP contribution in [0, 0.1) is 5.92 Å². The molecule has 2 bridgehead atoms. The van der Waals surface area contributed by atoms with Crippen LogP contribution in [-0.4, -0.2) is 60.3 Å². The van der Waals surface area contributed by atoms with Crippen molar-refractivity contribution in [1.29, 1.82) is 0 Å². The lowest BCUT2D eigenvalue weighted by atomic mass is 9.96. The highest BCUT2D eigenvalue weighted by Crippen LogP contribution is 2.38. The van der Waals surface area contributed by atoms with Crippen molar-refractivity contribution in [3.8, 4) is 0 Å². The second-order valence-corrected chi connectivity index (χ2v) is 10.6. The molecular weight excluding hydrogens is 468 g/mol. The van der Waals surface area contributed by atoms with Crippen molar-refractivity contribution < 1.29 is 14.4 Å². The normalized spacial score (nSPS) is 24.9. The number of carbonyl (C=O) groups is 3. The minimum Gasteiger partial charge on any atom is -0.384 e. The van der Waals surface area contributed by atoms with Crippen LogP contribution in [0.25, 0.3) is 0 Å². The quantitative estimate of drug-likeness (QED) is 0.407. The third-order valence-corrected chi connectivity index (χ3v) is 8.01. The van der Waals surface area contributed by atoms with Gasteiger partial charge in [-0.3, -0.25) is 14.4 Å². The maximum absolute atomic E-state index is 13.2. The van der Waals surface area contributed by atoms with Crippen molar-refractivity contribution >= 4 is 29.1 Å². The van der Waals surface area contributed by atoms with Crippen molar-refractivity contribution in [3.05, 3.63) is 53.2 Å². The van der Waals surface area contributed by atoms with Gasteiger partial charge in [0.25, 0.3) is 11.8 Å². The van der Waals surface area contributed by atoms with Crippen LogP contribution < -0.4 is 26.6 Å². The molecule has 2 aromatic rings. The first-order chi connectivity index (χ1) is 17.9. The van der Waals surface area contributed by atoms with Crippen LogP contribution >= 0.6 is 0 Å². The molecule has 1 aromatic heterocycles. The predicted molar refractivity (Wildman–Crippen MR) is 143 cm³/mol. The van der Waals surface area contributed by atoms with Gasteiger partial charge in [0.1, 0.15) is 5.82 Å². The van der Waals surface area contributed by atoms with Gasteiger partial charge in [-0.1, -0.05) is 0 Å². The second kappa shape index (κ2) is 10.9.